The molecule has 0 aliphatic carbocycles. The van der Waals surface area contributed by atoms with Crippen LogP contribution in [-0.4, -0.2) is 24.3 Å². The van der Waals surface area contributed by atoms with Crippen molar-refractivity contribution in [1.29, 1.82) is 0 Å². The van der Waals surface area contributed by atoms with Gasteiger partial charge in [0.15, 0.2) is 11.6 Å². The van der Waals surface area contributed by atoms with Gasteiger partial charge < -0.3 is 10.3 Å². The summed E-state index contributed by atoms with van der Waals surface area (Å²) < 4.78 is 53.3. The minimum atomic E-state index is -4.09. The van der Waals surface area contributed by atoms with Crippen LogP contribution in [0.2, 0.25) is 0 Å². The fraction of sp³-hybridized carbons (Fsp3) is 0.0909. The largest absolute Gasteiger partial charge is 0.342 e. The molecule has 164 valence electrons. The molecular formula is C22H18F2N4O3S. The second-order valence-corrected chi connectivity index (χ2v) is 8.69. The summed E-state index contributed by atoms with van der Waals surface area (Å²) in [4.78, 5) is 19.4. The number of imidazole rings is 1. The molecule has 3 N–H and O–H groups in total. The number of para-hydroxylation sites is 2. The molecule has 0 aliphatic rings. The normalized spacial score (nSPS) is 11.4. The second-order valence-electron chi connectivity index (χ2n) is 7.01. The number of fused-ring (bicyclic) bond motifs is 1. The number of carbonyl (C=O) groups excluding carboxylic acids is 1. The second kappa shape index (κ2) is 8.75. The topological polar surface area (TPSA) is 104 Å². The van der Waals surface area contributed by atoms with Crippen LogP contribution in [0.15, 0.2) is 71.6 Å². The van der Waals surface area contributed by atoms with Crippen molar-refractivity contribution in [1.82, 2.24) is 9.97 Å². The van der Waals surface area contributed by atoms with Crippen molar-refractivity contribution in [3.8, 4) is 0 Å². The number of H-pyrrole nitrogens is 1. The number of sulfonamides is 1. The van der Waals surface area contributed by atoms with Crippen LogP contribution in [-0.2, 0) is 21.2 Å². The first-order chi connectivity index (χ1) is 15.3. The van der Waals surface area contributed by atoms with E-state index < -0.39 is 26.6 Å². The van der Waals surface area contributed by atoms with Crippen LogP contribution in [0.5, 0.6) is 0 Å². The summed E-state index contributed by atoms with van der Waals surface area (Å²) in [6.45, 7) is 0. The van der Waals surface area contributed by atoms with E-state index in [0.717, 1.165) is 23.2 Å². The molecule has 0 radical (unpaired) electrons. The third kappa shape index (κ3) is 4.92. The Balaban J connectivity index is 1.34. The summed E-state index contributed by atoms with van der Waals surface area (Å²) in [5.74, 6) is -1.90. The molecule has 1 amide bonds. The number of halogens is 2. The van der Waals surface area contributed by atoms with E-state index in [2.05, 4.69) is 20.0 Å². The Morgan fingerprint density at radius 1 is 0.938 bits per heavy atom. The molecule has 1 aromatic heterocycles. The predicted octanol–water partition coefficient (Wildman–Crippen LogP) is 4.21. The number of carbonyl (C=O) groups is 1. The lowest BCUT2D eigenvalue weighted by Gasteiger charge is -2.10. The minimum absolute atomic E-state index is 0.204. The summed E-state index contributed by atoms with van der Waals surface area (Å²) >= 11 is 0. The maximum atomic E-state index is 13.3. The molecule has 3 aromatic carbocycles. The number of anilines is 2. The molecule has 0 unspecified atom stereocenters. The number of hydrogen-bond acceptors (Lipinski definition) is 4. The molecule has 10 heteroatoms. The van der Waals surface area contributed by atoms with Crippen LogP contribution in [0, 0.1) is 11.6 Å². The summed E-state index contributed by atoms with van der Waals surface area (Å²) in [7, 11) is -4.09. The fourth-order valence-corrected chi connectivity index (χ4v) is 4.13. The lowest BCUT2D eigenvalue weighted by atomic mass is 10.2. The minimum Gasteiger partial charge on any atom is -0.342 e. The van der Waals surface area contributed by atoms with Crippen LogP contribution in [0.1, 0.15) is 12.2 Å². The van der Waals surface area contributed by atoms with Gasteiger partial charge in [-0.2, -0.15) is 0 Å². The van der Waals surface area contributed by atoms with E-state index in [9.17, 15) is 22.0 Å². The highest BCUT2D eigenvalue weighted by Crippen LogP contribution is 2.20. The smallest absolute Gasteiger partial charge is 0.261 e. The number of benzene rings is 3. The molecule has 0 atom stereocenters. The van der Waals surface area contributed by atoms with Crippen molar-refractivity contribution in [3.63, 3.8) is 0 Å². The van der Waals surface area contributed by atoms with Crippen molar-refractivity contribution in [3.05, 3.63) is 84.2 Å². The molecule has 0 saturated carbocycles. The van der Waals surface area contributed by atoms with Gasteiger partial charge in [0.25, 0.3) is 10.0 Å². The van der Waals surface area contributed by atoms with E-state index >= 15 is 0 Å². The zero-order chi connectivity index (χ0) is 22.7. The van der Waals surface area contributed by atoms with E-state index in [0.29, 0.717) is 24.0 Å². The van der Waals surface area contributed by atoms with Crippen LogP contribution >= 0.6 is 0 Å². The summed E-state index contributed by atoms with van der Waals surface area (Å²) in [6.07, 6.45) is 0.650. The van der Waals surface area contributed by atoms with Crippen LogP contribution < -0.4 is 10.0 Å². The Labute approximate surface area is 182 Å². The van der Waals surface area contributed by atoms with E-state index in [4.69, 9.17) is 0 Å². The molecule has 0 aliphatic heterocycles. The number of aryl methyl sites for hydroxylation is 1. The van der Waals surface area contributed by atoms with Crippen LogP contribution in [0.25, 0.3) is 11.0 Å². The number of rotatable bonds is 7. The zero-order valence-electron chi connectivity index (χ0n) is 16.6. The van der Waals surface area contributed by atoms with Crippen LogP contribution in [0.3, 0.4) is 0 Å². The Hall–Kier alpha value is -3.79. The van der Waals surface area contributed by atoms with Gasteiger partial charge in [-0.05, 0) is 54.6 Å². The maximum absolute atomic E-state index is 13.3. The van der Waals surface area contributed by atoms with Crippen LogP contribution in [0.4, 0.5) is 20.2 Å². The number of aromatic nitrogens is 2. The van der Waals surface area contributed by atoms with Gasteiger partial charge in [-0.15, -0.1) is 0 Å². The Kier molecular flexibility index (Phi) is 5.87. The van der Waals surface area contributed by atoms with Gasteiger partial charge >= 0.3 is 0 Å². The molecule has 7 nitrogen and oxygen atoms in total. The fourth-order valence-electron chi connectivity index (χ4n) is 3.06. The number of aromatic amines is 1. The molecule has 1 heterocycles. The van der Waals surface area contributed by atoms with Gasteiger partial charge in [-0.25, -0.2) is 22.2 Å². The highest BCUT2D eigenvalue weighted by Gasteiger charge is 2.17. The van der Waals surface area contributed by atoms with E-state index in [1.807, 2.05) is 24.3 Å². The molecule has 0 fully saturated rings. The highest BCUT2D eigenvalue weighted by molar-refractivity contribution is 7.92. The van der Waals surface area contributed by atoms with Crippen molar-refractivity contribution in [2.24, 2.45) is 0 Å². The Morgan fingerprint density at radius 3 is 2.38 bits per heavy atom. The van der Waals surface area contributed by atoms with Gasteiger partial charge in [0.1, 0.15) is 5.82 Å². The van der Waals surface area contributed by atoms with Gasteiger partial charge in [0.2, 0.25) is 5.91 Å². The average Bonchev–Trinajstić information content (AvgIpc) is 3.18. The van der Waals surface area contributed by atoms with E-state index in [1.54, 1.807) is 0 Å². The standard InChI is InChI=1S/C22H18F2N4O3S/c23-17-10-9-16(13-18(17)24)32(30,31)28-15-7-5-14(6-8-15)25-22(29)12-11-21-26-19-3-1-2-4-20(19)27-21/h1-10,13,28H,11-12H2,(H,25,29)(H,26,27). The molecule has 0 bridgehead atoms. The van der Waals surface area contributed by atoms with Crippen molar-refractivity contribution in [2.45, 2.75) is 17.7 Å². The first kappa shape index (κ1) is 21.4. The quantitative estimate of drug-likeness (QED) is 0.387. The summed E-state index contributed by atoms with van der Waals surface area (Å²) in [6, 6.07) is 15.9. The predicted molar refractivity (Wildman–Crippen MR) is 117 cm³/mol. The SMILES string of the molecule is O=C(CCc1nc2ccccc2[nH]1)Nc1ccc(NS(=O)(=O)c2ccc(F)c(F)c2)cc1. The molecule has 0 spiro atoms. The molecule has 32 heavy (non-hydrogen) atoms. The number of amides is 1. The molecular weight excluding hydrogens is 438 g/mol. The molecule has 4 rings (SSSR count). The Morgan fingerprint density at radius 2 is 1.66 bits per heavy atom. The molecule has 0 saturated heterocycles. The first-order valence-corrected chi connectivity index (χ1v) is 11.1. The van der Waals surface area contributed by atoms with Gasteiger partial charge in [0, 0.05) is 24.2 Å². The van der Waals surface area contributed by atoms with Gasteiger partial charge in [0.05, 0.1) is 15.9 Å². The third-order valence-electron chi connectivity index (χ3n) is 4.65. The Bertz CT molecular complexity index is 1350. The summed E-state index contributed by atoms with van der Waals surface area (Å²) in [5.41, 5.74) is 2.43. The van der Waals surface area contributed by atoms with E-state index in [-0.39, 0.29) is 18.0 Å². The van der Waals surface area contributed by atoms with Gasteiger partial charge in [-0.1, -0.05) is 12.1 Å². The zero-order valence-corrected chi connectivity index (χ0v) is 17.4. The lowest BCUT2D eigenvalue weighted by Crippen LogP contribution is -2.14. The third-order valence-corrected chi connectivity index (χ3v) is 6.03. The molecule has 4 aromatic rings. The highest BCUT2D eigenvalue weighted by atomic mass is 32.2. The lowest BCUT2D eigenvalue weighted by molar-refractivity contribution is -0.116. The van der Waals surface area contributed by atoms with E-state index in [1.165, 1.54) is 24.3 Å². The number of nitrogens with one attached hydrogen (secondary N) is 3. The van der Waals surface area contributed by atoms with Crippen molar-refractivity contribution >= 4 is 38.3 Å². The number of hydrogen-bond donors (Lipinski definition) is 3. The average molecular weight is 456 g/mol. The summed E-state index contributed by atoms with van der Waals surface area (Å²) in [5, 5.41) is 2.73. The maximum Gasteiger partial charge on any atom is 0.261 e. The van der Waals surface area contributed by atoms with Crippen molar-refractivity contribution in [2.75, 3.05) is 10.0 Å². The monoisotopic (exact) mass is 456 g/mol. The number of nitrogens with zero attached hydrogens (tertiary/aromatic N) is 1. The first-order valence-electron chi connectivity index (χ1n) is 9.61. The van der Waals surface area contributed by atoms with Gasteiger partial charge in [-0.3, -0.25) is 9.52 Å². The van der Waals surface area contributed by atoms with Crippen molar-refractivity contribution < 1.29 is 22.0 Å².